The summed E-state index contributed by atoms with van der Waals surface area (Å²) in [7, 11) is 0. The maximum absolute atomic E-state index is 13.6. The Labute approximate surface area is 108 Å². The van der Waals surface area contributed by atoms with Gasteiger partial charge in [0, 0.05) is 0 Å². The lowest BCUT2D eigenvalue weighted by Gasteiger charge is -2.17. The van der Waals surface area contributed by atoms with Crippen LogP contribution in [0.4, 0.5) is 17.6 Å². The van der Waals surface area contributed by atoms with E-state index in [4.69, 9.17) is 5.84 Å². The van der Waals surface area contributed by atoms with E-state index in [1.807, 2.05) is 0 Å². The summed E-state index contributed by atoms with van der Waals surface area (Å²) in [6.45, 7) is 5.15. The van der Waals surface area contributed by atoms with E-state index >= 15 is 0 Å². The number of aliphatic imine (C=N–C) groups is 1. The summed E-state index contributed by atoms with van der Waals surface area (Å²) in [6.07, 6.45) is -4.55. The van der Waals surface area contributed by atoms with Crippen LogP contribution in [0.2, 0.25) is 0 Å². The first-order valence-corrected chi connectivity index (χ1v) is 5.48. The molecule has 0 saturated heterocycles. The SMILES string of the molecule is CC(C)(C)N=C(NN)c1cc(C(F)(F)F)ccc1F. The van der Waals surface area contributed by atoms with E-state index in [-0.39, 0.29) is 11.4 Å². The number of benzene rings is 1. The zero-order chi connectivity index (χ0) is 14.8. The van der Waals surface area contributed by atoms with Crippen molar-refractivity contribution in [3.05, 3.63) is 35.1 Å². The van der Waals surface area contributed by atoms with E-state index in [1.165, 1.54) is 0 Å². The minimum atomic E-state index is -4.55. The molecule has 0 spiro atoms. The summed E-state index contributed by atoms with van der Waals surface area (Å²) < 4.78 is 51.4. The van der Waals surface area contributed by atoms with E-state index in [0.29, 0.717) is 12.1 Å². The van der Waals surface area contributed by atoms with Gasteiger partial charge in [-0.05, 0) is 39.0 Å². The Kier molecular flexibility index (Phi) is 4.19. The standard InChI is InChI=1S/C12H15F4N3/c1-11(2,3)18-10(19-17)8-6-7(12(14,15)16)4-5-9(8)13/h4-6H,17H2,1-3H3,(H,18,19). The van der Waals surface area contributed by atoms with Gasteiger partial charge in [0.1, 0.15) is 11.7 Å². The number of halogens is 4. The molecule has 3 N–H and O–H groups in total. The average molecular weight is 277 g/mol. The second-order valence-electron chi connectivity index (χ2n) is 4.97. The number of hydrogen-bond acceptors (Lipinski definition) is 2. The first-order chi connectivity index (χ1) is 8.54. The summed E-state index contributed by atoms with van der Waals surface area (Å²) in [5, 5.41) is 0. The number of hydrazine groups is 1. The number of alkyl halides is 3. The Hall–Kier alpha value is -1.63. The average Bonchev–Trinajstić information content (AvgIpc) is 2.24. The van der Waals surface area contributed by atoms with Crippen molar-refractivity contribution < 1.29 is 17.6 Å². The van der Waals surface area contributed by atoms with Gasteiger partial charge in [-0.25, -0.2) is 10.2 Å². The molecule has 0 fully saturated rings. The van der Waals surface area contributed by atoms with Crippen molar-refractivity contribution >= 4 is 5.84 Å². The minimum Gasteiger partial charge on any atom is -0.308 e. The Morgan fingerprint density at radius 1 is 1.21 bits per heavy atom. The van der Waals surface area contributed by atoms with E-state index in [2.05, 4.69) is 10.4 Å². The normalized spacial score (nSPS) is 13.6. The lowest BCUT2D eigenvalue weighted by Crippen LogP contribution is -2.34. The first kappa shape index (κ1) is 15.4. The van der Waals surface area contributed by atoms with Crippen LogP contribution in [0.15, 0.2) is 23.2 Å². The molecular weight excluding hydrogens is 262 g/mol. The van der Waals surface area contributed by atoms with Crippen LogP contribution in [-0.4, -0.2) is 11.4 Å². The van der Waals surface area contributed by atoms with Gasteiger partial charge in [0.15, 0.2) is 0 Å². The minimum absolute atomic E-state index is 0.129. The molecule has 0 heterocycles. The van der Waals surface area contributed by atoms with Crippen molar-refractivity contribution in [1.29, 1.82) is 0 Å². The molecule has 0 unspecified atom stereocenters. The second kappa shape index (κ2) is 5.16. The topological polar surface area (TPSA) is 50.4 Å². The van der Waals surface area contributed by atoms with Crippen LogP contribution >= 0.6 is 0 Å². The molecule has 0 aliphatic rings. The number of amidine groups is 1. The molecule has 0 bridgehead atoms. The van der Waals surface area contributed by atoms with Crippen molar-refractivity contribution in [2.45, 2.75) is 32.5 Å². The fourth-order valence-corrected chi connectivity index (χ4v) is 1.39. The van der Waals surface area contributed by atoms with Crippen molar-refractivity contribution in [1.82, 2.24) is 5.43 Å². The monoisotopic (exact) mass is 277 g/mol. The lowest BCUT2D eigenvalue weighted by molar-refractivity contribution is -0.137. The van der Waals surface area contributed by atoms with Crippen LogP contribution in [0.1, 0.15) is 31.9 Å². The van der Waals surface area contributed by atoms with Gasteiger partial charge in [-0.15, -0.1) is 0 Å². The highest BCUT2D eigenvalue weighted by Gasteiger charge is 2.31. The molecule has 19 heavy (non-hydrogen) atoms. The molecule has 1 aromatic rings. The van der Waals surface area contributed by atoms with Crippen LogP contribution in [0.5, 0.6) is 0 Å². The Morgan fingerprint density at radius 2 is 1.79 bits per heavy atom. The highest BCUT2D eigenvalue weighted by molar-refractivity contribution is 5.99. The summed E-state index contributed by atoms with van der Waals surface area (Å²) in [5.74, 6) is 4.26. The Morgan fingerprint density at radius 3 is 2.21 bits per heavy atom. The highest BCUT2D eigenvalue weighted by atomic mass is 19.4. The van der Waals surface area contributed by atoms with Gasteiger partial charge in [-0.1, -0.05) is 0 Å². The number of nitrogens with zero attached hydrogens (tertiary/aromatic N) is 1. The van der Waals surface area contributed by atoms with Crippen LogP contribution in [0.25, 0.3) is 0 Å². The predicted octanol–water partition coefficient (Wildman–Crippen LogP) is 2.85. The third-order valence-electron chi connectivity index (χ3n) is 2.13. The molecule has 0 radical (unpaired) electrons. The molecule has 1 rings (SSSR count). The van der Waals surface area contributed by atoms with Crippen molar-refractivity contribution in [2.24, 2.45) is 10.8 Å². The zero-order valence-corrected chi connectivity index (χ0v) is 10.8. The van der Waals surface area contributed by atoms with E-state index in [0.717, 1.165) is 6.07 Å². The largest absolute Gasteiger partial charge is 0.416 e. The van der Waals surface area contributed by atoms with Crippen LogP contribution in [0, 0.1) is 5.82 Å². The summed E-state index contributed by atoms with van der Waals surface area (Å²) >= 11 is 0. The third kappa shape index (κ3) is 4.20. The number of rotatable bonds is 1. The molecule has 106 valence electrons. The van der Waals surface area contributed by atoms with Gasteiger partial charge in [-0.2, -0.15) is 13.2 Å². The fraction of sp³-hybridized carbons (Fsp3) is 0.417. The number of nitrogens with two attached hydrogens (primary N) is 1. The van der Waals surface area contributed by atoms with Crippen molar-refractivity contribution in [2.75, 3.05) is 0 Å². The van der Waals surface area contributed by atoms with E-state index < -0.39 is 23.1 Å². The van der Waals surface area contributed by atoms with Gasteiger partial charge in [0.2, 0.25) is 0 Å². The number of hydrogen-bond donors (Lipinski definition) is 2. The Balaban J connectivity index is 3.36. The summed E-state index contributed by atoms with van der Waals surface area (Å²) in [4.78, 5) is 4.05. The van der Waals surface area contributed by atoms with Crippen molar-refractivity contribution in [3.8, 4) is 0 Å². The number of nitrogens with one attached hydrogen (secondary N) is 1. The van der Waals surface area contributed by atoms with Gasteiger partial charge >= 0.3 is 6.18 Å². The highest BCUT2D eigenvalue weighted by Crippen LogP contribution is 2.30. The molecule has 0 aliphatic carbocycles. The van der Waals surface area contributed by atoms with Gasteiger partial charge in [-0.3, -0.25) is 4.99 Å². The van der Waals surface area contributed by atoms with Gasteiger partial charge in [0.25, 0.3) is 0 Å². The maximum Gasteiger partial charge on any atom is 0.416 e. The lowest BCUT2D eigenvalue weighted by atomic mass is 10.1. The molecule has 0 aliphatic heterocycles. The molecule has 0 aromatic heterocycles. The molecular formula is C12H15F4N3. The quantitative estimate of drug-likeness (QED) is 0.273. The zero-order valence-electron chi connectivity index (χ0n) is 10.8. The molecule has 3 nitrogen and oxygen atoms in total. The van der Waals surface area contributed by atoms with Crippen molar-refractivity contribution in [3.63, 3.8) is 0 Å². The fourth-order valence-electron chi connectivity index (χ4n) is 1.39. The van der Waals surface area contributed by atoms with Crippen LogP contribution in [0.3, 0.4) is 0 Å². The summed E-state index contributed by atoms with van der Waals surface area (Å²) in [6, 6.07) is 2.09. The maximum atomic E-state index is 13.6. The molecule has 0 amide bonds. The van der Waals surface area contributed by atoms with E-state index in [9.17, 15) is 17.6 Å². The molecule has 0 atom stereocenters. The van der Waals surface area contributed by atoms with Crippen LogP contribution < -0.4 is 11.3 Å². The van der Waals surface area contributed by atoms with Gasteiger partial charge in [0.05, 0.1) is 16.7 Å². The van der Waals surface area contributed by atoms with Gasteiger partial charge < -0.3 is 5.43 Å². The summed E-state index contributed by atoms with van der Waals surface area (Å²) in [5.41, 5.74) is 0.258. The molecule has 0 saturated carbocycles. The second-order valence-corrected chi connectivity index (χ2v) is 4.97. The molecule has 7 heteroatoms. The smallest absolute Gasteiger partial charge is 0.308 e. The third-order valence-corrected chi connectivity index (χ3v) is 2.13. The van der Waals surface area contributed by atoms with Crippen LogP contribution in [-0.2, 0) is 6.18 Å². The first-order valence-electron chi connectivity index (χ1n) is 5.48. The molecule has 1 aromatic carbocycles. The van der Waals surface area contributed by atoms with E-state index in [1.54, 1.807) is 20.8 Å². The predicted molar refractivity (Wildman–Crippen MR) is 65.0 cm³/mol. The Bertz CT molecular complexity index is 487.